The van der Waals surface area contributed by atoms with E-state index in [1.165, 1.54) is 0 Å². The summed E-state index contributed by atoms with van der Waals surface area (Å²) in [5.74, 6) is 0. The van der Waals surface area contributed by atoms with Gasteiger partial charge in [0.25, 0.3) is 5.09 Å². The van der Waals surface area contributed by atoms with Crippen molar-refractivity contribution in [2.45, 2.75) is 0 Å². The number of rotatable bonds is 6. The van der Waals surface area contributed by atoms with E-state index in [9.17, 15) is 12.6 Å². The van der Waals surface area contributed by atoms with Crippen molar-refractivity contribution in [2.75, 3.05) is 0 Å². The van der Waals surface area contributed by atoms with Gasteiger partial charge < -0.3 is 8.37 Å². The van der Waals surface area contributed by atoms with Crippen LogP contribution in [0.1, 0.15) is 5.56 Å². The van der Waals surface area contributed by atoms with Gasteiger partial charge >= 0.3 is 21.5 Å². The summed E-state index contributed by atoms with van der Waals surface area (Å²) in [7, 11) is -4.30. The van der Waals surface area contributed by atoms with Gasteiger partial charge in [0.15, 0.2) is 0 Å². The van der Waals surface area contributed by atoms with E-state index < -0.39 is 26.6 Å². The van der Waals surface area contributed by atoms with E-state index in [0.717, 1.165) is 6.08 Å². The van der Waals surface area contributed by atoms with E-state index >= 15 is 0 Å². The summed E-state index contributed by atoms with van der Waals surface area (Å²) >= 11 is -2.78. The second-order valence-electron chi connectivity index (χ2n) is 2.89. The number of benzene rings is 1. The molecule has 0 aliphatic rings. The molecule has 0 amide bonds. The topological polar surface area (TPSA) is 89.9 Å². The molecule has 1 N–H and O–H groups in total. The lowest BCUT2D eigenvalue weighted by Gasteiger charge is -2.06. The van der Waals surface area contributed by atoms with Gasteiger partial charge in [0.05, 0.1) is 6.26 Å². The van der Waals surface area contributed by atoms with E-state index in [0.29, 0.717) is 11.8 Å². The zero-order valence-corrected chi connectivity index (χ0v) is 10.7. The summed E-state index contributed by atoms with van der Waals surface area (Å²) in [6, 6.07) is 8.25. The van der Waals surface area contributed by atoms with E-state index in [-0.39, 0.29) is 0 Å². The number of hydrogen-bond donors (Lipinski definition) is 1. The molecule has 0 aromatic heterocycles. The van der Waals surface area contributed by atoms with Crippen molar-refractivity contribution in [3.05, 3.63) is 53.8 Å². The molecular formula is C10H10O6S2. The molecule has 1 rings (SSSR count). The molecule has 0 saturated carbocycles. The van der Waals surface area contributed by atoms with Crippen molar-refractivity contribution in [3.63, 3.8) is 0 Å². The molecule has 18 heavy (non-hydrogen) atoms. The van der Waals surface area contributed by atoms with Gasteiger partial charge in [0.2, 0.25) is 0 Å². The van der Waals surface area contributed by atoms with Crippen LogP contribution in [-0.4, -0.2) is 17.2 Å². The van der Waals surface area contributed by atoms with Crippen LogP contribution >= 0.6 is 0 Å². The molecule has 0 aliphatic heterocycles. The highest BCUT2D eigenvalue weighted by atomic mass is 32.2. The molecule has 1 aromatic carbocycles. The Kier molecular flexibility index (Phi) is 5.08. The standard InChI is InChI=1S/C10H10O6S2/c1-2-15-18(13,14)10(16-17(11)12)8-9-6-4-3-5-7-9/h2-8H,1H2,(H,11,12). The maximum atomic E-state index is 11.5. The van der Waals surface area contributed by atoms with Crippen LogP contribution in [0.4, 0.5) is 0 Å². The zero-order valence-electron chi connectivity index (χ0n) is 9.05. The molecule has 0 saturated heterocycles. The Morgan fingerprint density at radius 3 is 2.44 bits per heavy atom. The molecule has 98 valence electrons. The largest absolute Gasteiger partial charge is 0.385 e. The second-order valence-corrected chi connectivity index (χ2v) is 5.00. The smallest absolute Gasteiger partial charge is 0.373 e. The fourth-order valence-corrected chi connectivity index (χ4v) is 2.28. The molecule has 1 atom stereocenters. The summed E-state index contributed by atoms with van der Waals surface area (Å²) in [4.78, 5) is 0. The van der Waals surface area contributed by atoms with Crippen LogP contribution in [-0.2, 0) is 29.8 Å². The molecule has 1 aromatic rings. The Morgan fingerprint density at radius 2 is 1.94 bits per heavy atom. The molecule has 8 heteroatoms. The summed E-state index contributed by atoms with van der Waals surface area (Å²) in [6.45, 7) is 3.09. The Morgan fingerprint density at radius 1 is 1.33 bits per heavy atom. The highest BCUT2D eigenvalue weighted by Crippen LogP contribution is 2.16. The zero-order chi connectivity index (χ0) is 13.6. The van der Waals surface area contributed by atoms with Crippen LogP contribution in [0.5, 0.6) is 0 Å². The van der Waals surface area contributed by atoms with Gasteiger partial charge in [-0.05, 0) is 5.56 Å². The summed E-state index contributed by atoms with van der Waals surface area (Å²) in [6.07, 6.45) is 1.74. The minimum Gasteiger partial charge on any atom is -0.385 e. The SMILES string of the molecule is C=COS(=O)(=O)C(=Cc1ccccc1)OS(=O)O. The fourth-order valence-electron chi connectivity index (χ4n) is 1.03. The first-order valence-electron chi connectivity index (χ1n) is 4.56. The van der Waals surface area contributed by atoms with Gasteiger partial charge in [-0.25, -0.2) is 0 Å². The monoisotopic (exact) mass is 290 g/mol. The van der Waals surface area contributed by atoms with Crippen LogP contribution < -0.4 is 0 Å². The van der Waals surface area contributed by atoms with Crippen molar-refractivity contribution in [3.8, 4) is 0 Å². The molecular weight excluding hydrogens is 280 g/mol. The van der Waals surface area contributed by atoms with Crippen LogP contribution in [0.3, 0.4) is 0 Å². The summed E-state index contributed by atoms with van der Waals surface area (Å²) in [5, 5.41) is -0.783. The fraction of sp³-hybridized carbons (Fsp3) is 0. The lowest BCUT2D eigenvalue weighted by molar-refractivity contribution is 0.382. The van der Waals surface area contributed by atoms with Crippen molar-refractivity contribution < 1.29 is 25.5 Å². The average Bonchev–Trinajstić information content (AvgIpc) is 2.29. The third-order valence-electron chi connectivity index (χ3n) is 1.68. The molecule has 6 nitrogen and oxygen atoms in total. The van der Waals surface area contributed by atoms with Crippen LogP contribution in [0.25, 0.3) is 6.08 Å². The van der Waals surface area contributed by atoms with Crippen molar-refractivity contribution >= 4 is 27.6 Å². The molecule has 0 fully saturated rings. The van der Waals surface area contributed by atoms with Gasteiger partial charge in [-0.1, -0.05) is 36.9 Å². The van der Waals surface area contributed by atoms with E-state index in [2.05, 4.69) is 14.9 Å². The van der Waals surface area contributed by atoms with Gasteiger partial charge in [-0.15, -0.1) is 0 Å². The van der Waals surface area contributed by atoms with E-state index in [1.807, 2.05) is 0 Å². The van der Waals surface area contributed by atoms with Crippen LogP contribution in [0.15, 0.2) is 48.3 Å². The van der Waals surface area contributed by atoms with E-state index in [1.54, 1.807) is 30.3 Å². The molecule has 0 spiro atoms. The first-order chi connectivity index (χ1) is 8.45. The highest BCUT2D eigenvalue weighted by Gasteiger charge is 2.22. The van der Waals surface area contributed by atoms with E-state index in [4.69, 9.17) is 4.55 Å². The highest BCUT2D eigenvalue weighted by molar-refractivity contribution is 7.91. The molecule has 0 aliphatic carbocycles. The average molecular weight is 290 g/mol. The summed E-state index contributed by atoms with van der Waals surface area (Å²) < 4.78 is 50.8. The maximum absolute atomic E-state index is 11.5. The molecule has 0 radical (unpaired) electrons. The third kappa shape index (κ3) is 4.32. The normalized spacial score (nSPS) is 13.7. The predicted molar refractivity (Wildman–Crippen MR) is 66.5 cm³/mol. The van der Waals surface area contributed by atoms with Crippen molar-refractivity contribution in [1.29, 1.82) is 0 Å². The lowest BCUT2D eigenvalue weighted by atomic mass is 10.2. The summed E-state index contributed by atoms with van der Waals surface area (Å²) in [5.41, 5.74) is 0.467. The number of hydrogen-bond acceptors (Lipinski definition) is 5. The molecule has 0 bridgehead atoms. The Balaban J connectivity index is 3.18. The van der Waals surface area contributed by atoms with Gasteiger partial charge in [-0.2, -0.15) is 12.6 Å². The predicted octanol–water partition coefficient (Wildman–Crippen LogP) is 1.63. The quantitative estimate of drug-likeness (QED) is 0.486. The first kappa shape index (κ1) is 14.4. The van der Waals surface area contributed by atoms with Crippen LogP contribution in [0, 0.1) is 0 Å². The molecule has 1 unspecified atom stereocenters. The van der Waals surface area contributed by atoms with Gasteiger partial charge in [0.1, 0.15) is 0 Å². The maximum Gasteiger partial charge on any atom is 0.373 e. The van der Waals surface area contributed by atoms with Crippen LogP contribution in [0.2, 0.25) is 0 Å². The Hall–Kier alpha value is -1.64. The minimum atomic E-state index is -4.30. The minimum absolute atomic E-state index is 0.467. The second kappa shape index (κ2) is 6.34. The third-order valence-corrected chi connectivity index (χ3v) is 3.19. The first-order valence-corrected chi connectivity index (χ1v) is 7.00. The molecule has 0 heterocycles. The van der Waals surface area contributed by atoms with Gasteiger partial charge in [-0.3, -0.25) is 4.55 Å². The van der Waals surface area contributed by atoms with Gasteiger partial charge in [0, 0.05) is 6.08 Å². The van der Waals surface area contributed by atoms with Crippen molar-refractivity contribution in [2.24, 2.45) is 0 Å². The Bertz CT molecular complexity index is 561. The lowest BCUT2D eigenvalue weighted by Crippen LogP contribution is -2.09. The Labute approximate surface area is 107 Å². The van der Waals surface area contributed by atoms with Crippen molar-refractivity contribution in [1.82, 2.24) is 0 Å².